The molecule has 0 fully saturated rings. The van der Waals surface area contributed by atoms with Crippen molar-refractivity contribution in [2.24, 2.45) is 0 Å². The fourth-order valence-corrected chi connectivity index (χ4v) is 3.33. The third-order valence-corrected chi connectivity index (χ3v) is 5.06. The van der Waals surface area contributed by atoms with Gasteiger partial charge < -0.3 is 19.8 Å². The summed E-state index contributed by atoms with van der Waals surface area (Å²) in [5.41, 5.74) is 2.52. The van der Waals surface area contributed by atoms with Gasteiger partial charge in [0.2, 0.25) is 5.91 Å². The van der Waals surface area contributed by atoms with Gasteiger partial charge in [-0.2, -0.15) is 0 Å². The summed E-state index contributed by atoms with van der Waals surface area (Å²) in [5, 5.41) is 5.83. The predicted octanol–water partition coefficient (Wildman–Crippen LogP) is 5.11. The van der Waals surface area contributed by atoms with Crippen LogP contribution >= 0.6 is 15.9 Å². The van der Waals surface area contributed by atoms with Gasteiger partial charge in [-0.05, 0) is 69.9 Å². The van der Waals surface area contributed by atoms with Crippen molar-refractivity contribution in [3.8, 4) is 5.75 Å². The van der Waals surface area contributed by atoms with E-state index in [0.29, 0.717) is 10.4 Å². The van der Waals surface area contributed by atoms with Crippen molar-refractivity contribution in [2.75, 3.05) is 12.4 Å². The van der Waals surface area contributed by atoms with Gasteiger partial charge in [0.25, 0.3) is 5.91 Å². The van der Waals surface area contributed by atoms with Crippen LogP contribution in [0.15, 0.2) is 69.8 Å². The molecule has 2 N–H and O–H groups in total. The summed E-state index contributed by atoms with van der Waals surface area (Å²) in [6.07, 6.45) is 1.04. The van der Waals surface area contributed by atoms with Crippen LogP contribution in [0.3, 0.4) is 0 Å². The largest absolute Gasteiger partial charge is 0.497 e. The smallest absolute Gasteiger partial charge is 0.291 e. The molecule has 0 aliphatic heterocycles. The first-order valence-electron chi connectivity index (χ1n) is 9.57. The van der Waals surface area contributed by atoms with Crippen LogP contribution in [-0.2, 0) is 11.2 Å². The Kier molecular flexibility index (Phi) is 7.30. The summed E-state index contributed by atoms with van der Waals surface area (Å²) >= 11 is 3.17. The van der Waals surface area contributed by atoms with Gasteiger partial charge in [-0.1, -0.05) is 31.2 Å². The maximum atomic E-state index is 12.5. The maximum Gasteiger partial charge on any atom is 0.291 e. The average molecular weight is 471 g/mol. The minimum Gasteiger partial charge on any atom is -0.497 e. The number of methoxy groups -OCH3 is 1. The monoisotopic (exact) mass is 470 g/mol. The molecule has 0 bridgehead atoms. The quantitative estimate of drug-likeness (QED) is 0.479. The molecule has 3 aromatic rings. The van der Waals surface area contributed by atoms with Gasteiger partial charge in [-0.25, -0.2) is 0 Å². The molecule has 1 atom stereocenters. The van der Waals surface area contributed by atoms with Gasteiger partial charge in [0, 0.05) is 5.69 Å². The highest BCUT2D eigenvalue weighted by molar-refractivity contribution is 9.10. The molecule has 2 amide bonds. The molecule has 0 spiro atoms. The predicted molar refractivity (Wildman–Crippen MR) is 119 cm³/mol. The molecule has 1 aromatic heterocycles. The molecule has 2 aromatic carbocycles. The van der Waals surface area contributed by atoms with Crippen LogP contribution in [0.5, 0.6) is 5.75 Å². The number of carbonyl (C=O) groups is 2. The van der Waals surface area contributed by atoms with Crippen LogP contribution in [-0.4, -0.2) is 18.9 Å². The number of furan rings is 1. The zero-order valence-electron chi connectivity index (χ0n) is 16.8. The van der Waals surface area contributed by atoms with Gasteiger partial charge >= 0.3 is 0 Å². The molecule has 3 rings (SSSR count). The summed E-state index contributed by atoms with van der Waals surface area (Å²) in [7, 11) is 1.63. The van der Waals surface area contributed by atoms with Crippen LogP contribution in [0, 0.1) is 0 Å². The lowest BCUT2D eigenvalue weighted by Crippen LogP contribution is -2.29. The van der Waals surface area contributed by atoms with Crippen LogP contribution in [0.4, 0.5) is 5.69 Å². The van der Waals surface area contributed by atoms with Crippen molar-refractivity contribution in [1.82, 2.24) is 5.32 Å². The van der Waals surface area contributed by atoms with Gasteiger partial charge in [0.05, 0.1) is 19.6 Å². The summed E-state index contributed by atoms with van der Waals surface area (Å²) in [5.74, 6) is 0.604. The first-order chi connectivity index (χ1) is 14.5. The zero-order chi connectivity index (χ0) is 21.5. The van der Waals surface area contributed by atoms with Crippen LogP contribution in [0.1, 0.15) is 41.1 Å². The van der Waals surface area contributed by atoms with E-state index in [9.17, 15) is 9.59 Å². The molecule has 0 aliphatic rings. The number of hydrogen-bond acceptors (Lipinski definition) is 4. The van der Waals surface area contributed by atoms with E-state index in [2.05, 4.69) is 26.6 Å². The van der Waals surface area contributed by atoms with Gasteiger partial charge in [0.1, 0.15) is 5.75 Å². The van der Waals surface area contributed by atoms with E-state index in [-0.39, 0.29) is 30.0 Å². The zero-order valence-corrected chi connectivity index (χ0v) is 18.4. The van der Waals surface area contributed by atoms with Crippen molar-refractivity contribution in [3.05, 3.63) is 82.2 Å². The van der Waals surface area contributed by atoms with Gasteiger partial charge in [0.15, 0.2) is 10.4 Å². The first-order valence-corrected chi connectivity index (χ1v) is 10.4. The van der Waals surface area contributed by atoms with Crippen molar-refractivity contribution in [3.63, 3.8) is 0 Å². The average Bonchev–Trinajstić information content (AvgIpc) is 3.20. The molecule has 0 saturated heterocycles. The normalized spacial score (nSPS) is 11.6. The topological polar surface area (TPSA) is 80.6 Å². The molecule has 30 heavy (non-hydrogen) atoms. The molecular formula is C23H23BrN2O4. The summed E-state index contributed by atoms with van der Waals surface area (Å²) in [6.45, 7) is 2.03. The number of nitrogens with one attached hydrogen (secondary N) is 2. The molecule has 0 aliphatic carbocycles. The number of amides is 2. The number of benzene rings is 2. The maximum absolute atomic E-state index is 12.5. The van der Waals surface area contributed by atoms with Gasteiger partial charge in [-0.3, -0.25) is 9.59 Å². The highest BCUT2D eigenvalue weighted by Gasteiger charge is 2.14. The molecule has 1 unspecified atom stereocenters. The Morgan fingerprint density at radius 1 is 1.03 bits per heavy atom. The fraction of sp³-hybridized carbons (Fsp3) is 0.217. The summed E-state index contributed by atoms with van der Waals surface area (Å²) < 4.78 is 10.9. The lowest BCUT2D eigenvalue weighted by molar-refractivity contribution is -0.121. The van der Waals surface area contributed by atoms with E-state index in [0.717, 1.165) is 23.3 Å². The second kappa shape index (κ2) is 10.1. The molecule has 156 valence electrons. The highest BCUT2D eigenvalue weighted by Crippen LogP contribution is 2.21. The summed E-state index contributed by atoms with van der Waals surface area (Å²) in [4.78, 5) is 24.6. The van der Waals surface area contributed by atoms with E-state index in [4.69, 9.17) is 9.15 Å². The molecule has 1 heterocycles. The van der Waals surface area contributed by atoms with Crippen LogP contribution < -0.4 is 15.4 Å². The highest BCUT2D eigenvalue weighted by atomic mass is 79.9. The van der Waals surface area contributed by atoms with Crippen molar-refractivity contribution in [1.29, 1.82) is 0 Å². The first kappa shape index (κ1) is 21.6. The van der Waals surface area contributed by atoms with E-state index in [1.54, 1.807) is 31.4 Å². The second-order valence-electron chi connectivity index (χ2n) is 6.73. The number of halogens is 1. The lowest BCUT2D eigenvalue weighted by Gasteiger charge is -2.18. The molecule has 7 heteroatoms. The van der Waals surface area contributed by atoms with Crippen molar-refractivity contribution in [2.45, 2.75) is 25.8 Å². The Morgan fingerprint density at radius 3 is 2.30 bits per heavy atom. The van der Waals surface area contributed by atoms with Gasteiger partial charge in [-0.15, -0.1) is 0 Å². The number of anilines is 1. The second-order valence-corrected chi connectivity index (χ2v) is 7.51. The fourth-order valence-electron chi connectivity index (χ4n) is 3.02. The van der Waals surface area contributed by atoms with Crippen molar-refractivity contribution < 1.29 is 18.7 Å². The SMILES string of the molecule is CCC(NC(=O)Cc1ccc(NC(=O)c2ccc(Br)o2)cc1)c1ccc(OC)cc1. The number of carbonyl (C=O) groups excluding carboxylic acids is 2. The van der Waals surface area contributed by atoms with Crippen LogP contribution in [0.2, 0.25) is 0 Å². The molecule has 0 radical (unpaired) electrons. The van der Waals surface area contributed by atoms with E-state index in [1.807, 2.05) is 43.3 Å². The Morgan fingerprint density at radius 2 is 1.73 bits per heavy atom. The van der Waals surface area contributed by atoms with E-state index in [1.165, 1.54) is 0 Å². The number of ether oxygens (including phenoxy) is 1. The Labute approximate surface area is 183 Å². The minimum atomic E-state index is -0.337. The van der Waals surface area contributed by atoms with E-state index >= 15 is 0 Å². The molecule has 0 saturated carbocycles. The lowest BCUT2D eigenvalue weighted by atomic mass is 10.0. The van der Waals surface area contributed by atoms with Crippen molar-refractivity contribution >= 4 is 33.4 Å². The molecule has 6 nitrogen and oxygen atoms in total. The third-order valence-electron chi connectivity index (χ3n) is 4.64. The van der Waals surface area contributed by atoms with Crippen LogP contribution in [0.25, 0.3) is 0 Å². The summed E-state index contributed by atoms with van der Waals surface area (Å²) in [6, 6.07) is 18.1. The minimum absolute atomic E-state index is 0.0603. The number of rotatable bonds is 8. The Bertz CT molecular complexity index is 997. The Balaban J connectivity index is 1.56. The van der Waals surface area contributed by atoms with E-state index < -0.39 is 0 Å². The standard InChI is InChI=1S/C23H23BrN2O4/c1-3-19(16-6-10-18(29-2)11-7-16)26-22(27)14-15-4-8-17(9-5-15)25-23(28)20-12-13-21(24)30-20/h4-13,19H,3,14H2,1-2H3,(H,25,28)(H,26,27). The third kappa shape index (κ3) is 5.73. The molecular weight excluding hydrogens is 448 g/mol. The number of hydrogen-bond donors (Lipinski definition) is 2. The Hall–Kier alpha value is -3.06.